The van der Waals surface area contributed by atoms with Gasteiger partial charge in [0.15, 0.2) is 11.1 Å². The fraction of sp³-hybridized carbons (Fsp3) is 0.417. The number of hydrogen-bond acceptors (Lipinski definition) is 6. The molecular formula is C24H30N2O4. The predicted molar refractivity (Wildman–Crippen MR) is 115 cm³/mol. The van der Waals surface area contributed by atoms with Crippen molar-refractivity contribution < 1.29 is 19.1 Å². The number of carbonyl (C=O) groups excluding carboxylic acids is 2. The molecule has 6 nitrogen and oxygen atoms in total. The fourth-order valence-corrected chi connectivity index (χ4v) is 2.43. The Balaban J connectivity index is 2.04. The zero-order valence-electron chi connectivity index (χ0n) is 18.3. The summed E-state index contributed by atoms with van der Waals surface area (Å²) in [5, 5.41) is 8.45. The Morgan fingerprint density at radius 1 is 0.767 bits per heavy atom. The van der Waals surface area contributed by atoms with E-state index in [1.807, 2.05) is 74.5 Å². The van der Waals surface area contributed by atoms with E-state index < -0.39 is 23.0 Å². The van der Waals surface area contributed by atoms with E-state index >= 15 is 0 Å². The van der Waals surface area contributed by atoms with Crippen LogP contribution in [-0.4, -0.2) is 23.0 Å². The highest BCUT2D eigenvalue weighted by Gasteiger charge is 2.40. The van der Waals surface area contributed by atoms with Crippen LogP contribution in [0.4, 0.5) is 0 Å². The van der Waals surface area contributed by atoms with Crippen LogP contribution < -0.4 is 0 Å². The van der Waals surface area contributed by atoms with Crippen LogP contribution in [0, 0.1) is 5.92 Å². The number of ether oxygens (including phenoxy) is 2. The van der Waals surface area contributed by atoms with Crippen molar-refractivity contribution in [2.45, 2.75) is 58.9 Å². The maximum Gasteiger partial charge on any atom is 0.336 e. The molecule has 2 rings (SSSR count). The third-order valence-electron chi connectivity index (χ3n) is 4.97. The van der Waals surface area contributed by atoms with Crippen molar-refractivity contribution in [3.8, 4) is 0 Å². The average Bonchev–Trinajstić information content (AvgIpc) is 2.75. The second-order valence-corrected chi connectivity index (χ2v) is 8.18. The van der Waals surface area contributed by atoms with Crippen molar-refractivity contribution in [1.82, 2.24) is 0 Å². The minimum atomic E-state index is -1.23. The first-order chi connectivity index (χ1) is 14.1. The monoisotopic (exact) mass is 410 g/mol. The van der Waals surface area contributed by atoms with Gasteiger partial charge in [0, 0.05) is 0 Å². The second kappa shape index (κ2) is 10.1. The molecule has 0 saturated heterocycles. The molecule has 0 aliphatic carbocycles. The Morgan fingerprint density at radius 3 is 1.63 bits per heavy atom. The molecule has 30 heavy (non-hydrogen) atoms. The average molecular weight is 411 g/mol. The Hall–Kier alpha value is -3.02. The lowest BCUT2D eigenvalue weighted by Gasteiger charge is -2.27. The quantitative estimate of drug-likeness (QED) is 0.425. The number of hydrogen-bond donors (Lipinski definition) is 0. The largest absolute Gasteiger partial charge is 0.459 e. The van der Waals surface area contributed by atoms with Crippen molar-refractivity contribution in [2.75, 3.05) is 0 Å². The van der Waals surface area contributed by atoms with Gasteiger partial charge in [-0.05, 0) is 37.8 Å². The fourth-order valence-electron chi connectivity index (χ4n) is 2.43. The molecule has 1 atom stereocenters. The maximum atomic E-state index is 12.8. The van der Waals surface area contributed by atoms with Crippen molar-refractivity contribution >= 4 is 11.9 Å². The molecule has 2 aromatic carbocycles. The maximum absolute atomic E-state index is 12.8. The first-order valence-electron chi connectivity index (χ1n) is 10.0. The van der Waals surface area contributed by atoms with Gasteiger partial charge < -0.3 is 9.47 Å². The molecule has 0 aliphatic rings. The lowest BCUT2D eigenvalue weighted by molar-refractivity contribution is -0.154. The lowest BCUT2D eigenvalue weighted by Crippen LogP contribution is -2.41. The van der Waals surface area contributed by atoms with E-state index in [0.29, 0.717) is 0 Å². The molecule has 0 aliphatic heterocycles. The Labute approximate surface area is 178 Å². The highest BCUT2D eigenvalue weighted by Crippen LogP contribution is 2.27. The van der Waals surface area contributed by atoms with E-state index in [1.54, 1.807) is 20.8 Å². The minimum absolute atomic E-state index is 0.152. The summed E-state index contributed by atoms with van der Waals surface area (Å²) in [6.45, 7) is 8.92. The van der Waals surface area contributed by atoms with Gasteiger partial charge in [0.25, 0.3) is 0 Å². The standard InChI is InChI=1S/C24H30N2O4/c1-18(2)24(5,22(28)30-17-20-14-10-7-11-15-20)26-25-23(3,4)21(27)29-16-19-12-8-6-9-13-19/h6-15,18H,16-17H2,1-5H3. The summed E-state index contributed by atoms with van der Waals surface area (Å²) >= 11 is 0. The first-order valence-corrected chi connectivity index (χ1v) is 10.0. The molecule has 0 bridgehead atoms. The highest BCUT2D eigenvalue weighted by atomic mass is 16.5. The molecular weight excluding hydrogens is 380 g/mol. The smallest absolute Gasteiger partial charge is 0.336 e. The molecule has 0 fully saturated rings. The van der Waals surface area contributed by atoms with Crippen LogP contribution in [0.1, 0.15) is 45.7 Å². The van der Waals surface area contributed by atoms with Crippen LogP contribution in [0.15, 0.2) is 70.9 Å². The highest BCUT2D eigenvalue weighted by molar-refractivity contribution is 5.81. The molecule has 0 spiro atoms. The molecule has 0 N–H and O–H groups in total. The van der Waals surface area contributed by atoms with Crippen molar-refractivity contribution in [3.05, 3.63) is 71.8 Å². The van der Waals surface area contributed by atoms with E-state index in [1.165, 1.54) is 0 Å². The summed E-state index contributed by atoms with van der Waals surface area (Å²) in [6, 6.07) is 18.8. The van der Waals surface area contributed by atoms with Gasteiger partial charge >= 0.3 is 11.9 Å². The number of rotatable bonds is 9. The molecule has 160 valence electrons. The van der Waals surface area contributed by atoms with Gasteiger partial charge in [0.1, 0.15) is 13.2 Å². The molecule has 6 heteroatoms. The Morgan fingerprint density at radius 2 is 1.20 bits per heavy atom. The van der Waals surface area contributed by atoms with Gasteiger partial charge in [-0.3, -0.25) is 0 Å². The Bertz CT molecular complexity index is 863. The summed E-state index contributed by atoms with van der Waals surface area (Å²) in [6.07, 6.45) is 0. The summed E-state index contributed by atoms with van der Waals surface area (Å²) in [4.78, 5) is 25.3. The summed E-state index contributed by atoms with van der Waals surface area (Å²) in [7, 11) is 0. The van der Waals surface area contributed by atoms with Crippen LogP contribution in [-0.2, 0) is 32.3 Å². The molecule has 0 radical (unpaired) electrons. The predicted octanol–water partition coefficient (Wildman–Crippen LogP) is 5.12. The number of benzene rings is 2. The Kier molecular flexibility index (Phi) is 7.86. The molecule has 0 heterocycles. The van der Waals surface area contributed by atoms with E-state index in [-0.39, 0.29) is 19.1 Å². The van der Waals surface area contributed by atoms with Gasteiger partial charge in [0.2, 0.25) is 0 Å². The third kappa shape index (κ3) is 6.24. The molecule has 2 aromatic rings. The normalized spacial score (nSPS) is 13.8. The number of carbonyl (C=O) groups is 2. The lowest BCUT2D eigenvalue weighted by atomic mass is 9.89. The van der Waals surface area contributed by atoms with E-state index in [2.05, 4.69) is 10.2 Å². The second-order valence-electron chi connectivity index (χ2n) is 8.18. The molecule has 0 saturated carbocycles. The van der Waals surface area contributed by atoms with Crippen LogP contribution >= 0.6 is 0 Å². The minimum Gasteiger partial charge on any atom is -0.459 e. The van der Waals surface area contributed by atoms with Gasteiger partial charge in [-0.15, -0.1) is 0 Å². The SMILES string of the molecule is CC(C)C(C)(N=NC(C)(C)C(=O)OCc1ccccc1)C(=O)OCc1ccccc1. The molecule has 0 amide bonds. The zero-order valence-corrected chi connectivity index (χ0v) is 18.3. The summed E-state index contributed by atoms with van der Waals surface area (Å²) in [5.74, 6) is -1.18. The van der Waals surface area contributed by atoms with Crippen molar-refractivity contribution in [1.29, 1.82) is 0 Å². The van der Waals surface area contributed by atoms with Crippen molar-refractivity contribution in [3.63, 3.8) is 0 Å². The van der Waals surface area contributed by atoms with Gasteiger partial charge in [-0.25, -0.2) is 9.59 Å². The van der Waals surface area contributed by atoms with Crippen LogP contribution in [0.3, 0.4) is 0 Å². The van der Waals surface area contributed by atoms with Crippen LogP contribution in [0.25, 0.3) is 0 Å². The van der Waals surface area contributed by atoms with Gasteiger partial charge in [-0.1, -0.05) is 74.5 Å². The first kappa shape index (κ1) is 23.3. The number of azo groups is 1. The van der Waals surface area contributed by atoms with Crippen LogP contribution in [0.2, 0.25) is 0 Å². The van der Waals surface area contributed by atoms with Crippen LogP contribution in [0.5, 0.6) is 0 Å². The van der Waals surface area contributed by atoms with E-state index in [4.69, 9.17) is 9.47 Å². The topological polar surface area (TPSA) is 77.3 Å². The number of nitrogens with zero attached hydrogens (tertiary/aromatic N) is 2. The molecule has 0 aromatic heterocycles. The van der Waals surface area contributed by atoms with Gasteiger partial charge in [0.05, 0.1) is 0 Å². The molecule has 1 unspecified atom stereocenters. The van der Waals surface area contributed by atoms with Gasteiger partial charge in [-0.2, -0.15) is 10.2 Å². The third-order valence-corrected chi connectivity index (χ3v) is 4.97. The summed E-state index contributed by atoms with van der Waals surface area (Å²) < 4.78 is 10.9. The zero-order chi connectivity index (χ0) is 22.2. The number of esters is 2. The summed E-state index contributed by atoms with van der Waals surface area (Å²) in [5.41, 5.74) is -0.676. The van der Waals surface area contributed by atoms with E-state index in [0.717, 1.165) is 11.1 Å². The van der Waals surface area contributed by atoms with Crippen molar-refractivity contribution in [2.24, 2.45) is 16.1 Å². The van der Waals surface area contributed by atoms with E-state index in [9.17, 15) is 9.59 Å².